The standard InChI is InChI=1S/C18H18N2O3/c1-3-13-6-8-14(9-7-13)23-11-15-16(18(21)22)20-10-4-5-12(2)17(20)19-15/h4-10H,3,11H2,1-2H3,(H,21,22). The molecule has 0 spiro atoms. The van der Waals surface area contributed by atoms with Crippen LogP contribution >= 0.6 is 0 Å². The van der Waals surface area contributed by atoms with Crippen LogP contribution in [0.4, 0.5) is 0 Å². The topological polar surface area (TPSA) is 63.8 Å². The number of pyridine rings is 1. The van der Waals surface area contributed by atoms with Crippen molar-refractivity contribution in [2.24, 2.45) is 0 Å². The molecular weight excluding hydrogens is 292 g/mol. The largest absolute Gasteiger partial charge is 0.487 e. The van der Waals surface area contributed by atoms with Crippen molar-refractivity contribution in [3.05, 3.63) is 65.1 Å². The van der Waals surface area contributed by atoms with Gasteiger partial charge in [0.1, 0.15) is 23.7 Å². The van der Waals surface area contributed by atoms with E-state index in [4.69, 9.17) is 4.74 Å². The van der Waals surface area contributed by atoms with E-state index in [0.717, 1.165) is 12.0 Å². The summed E-state index contributed by atoms with van der Waals surface area (Å²) < 4.78 is 7.31. The highest BCUT2D eigenvalue weighted by molar-refractivity contribution is 5.88. The van der Waals surface area contributed by atoms with E-state index < -0.39 is 5.97 Å². The normalized spacial score (nSPS) is 10.9. The van der Waals surface area contributed by atoms with Gasteiger partial charge in [0, 0.05) is 6.20 Å². The molecule has 0 fully saturated rings. The second-order valence-corrected chi connectivity index (χ2v) is 5.38. The Morgan fingerprint density at radius 1 is 1.26 bits per heavy atom. The summed E-state index contributed by atoms with van der Waals surface area (Å²) in [6, 6.07) is 11.5. The lowest BCUT2D eigenvalue weighted by Gasteiger charge is -2.06. The molecule has 2 aromatic heterocycles. The molecule has 0 aliphatic carbocycles. The Balaban J connectivity index is 1.91. The Labute approximate surface area is 134 Å². The molecule has 0 atom stereocenters. The average Bonchev–Trinajstić information content (AvgIpc) is 2.93. The van der Waals surface area contributed by atoms with Crippen LogP contribution in [0, 0.1) is 6.92 Å². The molecule has 0 aliphatic rings. The number of imidazole rings is 1. The van der Waals surface area contributed by atoms with Crippen LogP contribution in [0.5, 0.6) is 5.75 Å². The summed E-state index contributed by atoms with van der Waals surface area (Å²) in [4.78, 5) is 16.0. The Kier molecular flexibility index (Phi) is 4.02. The summed E-state index contributed by atoms with van der Waals surface area (Å²) in [6.07, 6.45) is 2.67. The van der Waals surface area contributed by atoms with E-state index in [0.29, 0.717) is 17.1 Å². The molecule has 0 aliphatic heterocycles. The number of aromatic carboxylic acids is 1. The summed E-state index contributed by atoms with van der Waals surface area (Å²) >= 11 is 0. The van der Waals surface area contributed by atoms with Crippen LogP contribution in [-0.2, 0) is 13.0 Å². The molecule has 0 saturated carbocycles. The highest BCUT2D eigenvalue weighted by atomic mass is 16.5. The molecule has 2 heterocycles. The number of fused-ring (bicyclic) bond motifs is 1. The Morgan fingerprint density at radius 2 is 2.00 bits per heavy atom. The summed E-state index contributed by atoms with van der Waals surface area (Å²) in [6.45, 7) is 4.12. The quantitative estimate of drug-likeness (QED) is 0.783. The maximum Gasteiger partial charge on any atom is 0.354 e. The smallest absolute Gasteiger partial charge is 0.354 e. The number of ether oxygens (including phenoxy) is 1. The number of carboxylic acid groups (broad SMARTS) is 1. The monoisotopic (exact) mass is 310 g/mol. The molecule has 1 aromatic carbocycles. The first-order valence-electron chi connectivity index (χ1n) is 7.51. The van der Waals surface area contributed by atoms with Gasteiger partial charge in [-0.15, -0.1) is 0 Å². The van der Waals surface area contributed by atoms with Crippen molar-refractivity contribution in [1.29, 1.82) is 0 Å². The van der Waals surface area contributed by atoms with Crippen molar-refractivity contribution in [3.63, 3.8) is 0 Å². The molecule has 23 heavy (non-hydrogen) atoms. The van der Waals surface area contributed by atoms with Crippen LogP contribution in [0.2, 0.25) is 0 Å². The van der Waals surface area contributed by atoms with E-state index in [1.807, 2.05) is 43.3 Å². The summed E-state index contributed by atoms with van der Waals surface area (Å²) in [5, 5.41) is 9.49. The third-order valence-corrected chi connectivity index (χ3v) is 3.83. The second kappa shape index (κ2) is 6.12. The van der Waals surface area contributed by atoms with Gasteiger partial charge in [0.2, 0.25) is 0 Å². The van der Waals surface area contributed by atoms with Crippen molar-refractivity contribution in [2.75, 3.05) is 0 Å². The zero-order chi connectivity index (χ0) is 16.4. The van der Waals surface area contributed by atoms with Crippen LogP contribution in [0.3, 0.4) is 0 Å². The third-order valence-electron chi connectivity index (χ3n) is 3.83. The number of hydrogen-bond acceptors (Lipinski definition) is 3. The molecule has 3 aromatic rings. The van der Waals surface area contributed by atoms with Gasteiger partial charge in [0.05, 0.1) is 0 Å². The number of rotatable bonds is 5. The maximum atomic E-state index is 11.6. The predicted octanol–water partition coefficient (Wildman–Crippen LogP) is 3.48. The van der Waals surface area contributed by atoms with Gasteiger partial charge in [-0.3, -0.25) is 4.40 Å². The Morgan fingerprint density at radius 3 is 2.65 bits per heavy atom. The summed E-state index contributed by atoms with van der Waals surface area (Å²) in [5.41, 5.74) is 3.37. The molecule has 1 N–H and O–H groups in total. The minimum atomic E-state index is -1.01. The molecule has 118 valence electrons. The van der Waals surface area contributed by atoms with Crippen LogP contribution in [0.15, 0.2) is 42.6 Å². The van der Waals surface area contributed by atoms with Crippen LogP contribution in [-0.4, -0.2) is 20.5 Å². The SMILES string of the molecule is CCc1ccc(OCc2nc3c(C)cccn3c2C(=O)O)cc1. The molecule has 0 bridgehead atoms. The van der Waals surface area contributed by atoms with E-state index in [9.17, 15) is 9.90 Å². The van der Waals surface area contributed by atoms with Crippen LogP contribution in [0.25, 0.3) is 5.65 Å². The van der Waals surface area contributed by atoms with Crippen molar-refractivity contribution in [3.8, 4) is 5.75 Å². The molecule has 0 unspecified atom stereocenters. The van der Waals surface area contributed by atoms with Crippen LogP contribution < -0.4 is 4.74 Å². The first-order valence-corrected chi connectivity index (χ1v) is 7.51. The molecule has 0 amide bonds. The molecular formula is C18H18N2O3. The molecule has 0 radical (unpaired) electrons. The number of carbonyl (C=O) groups is 1. The predicted molar refractivity (Wildman–Crippen MR) is 87.0 cm³/mol. The van der Waals surface area contributed by atoms with Gasteiger partial charge in [-0.25, -0.2) is 9.78 Å². The first kappa shape index (κ1) is 15.1. The highest BCUT2D eigenvalue weighted by Crippen LogP contribution is 2.19. The number of nitrogens with zero attached hydrogens (tertiary/aromatic N) is 2. The molecule has 3 rings (SSSR count). The van der Waals surface area contributed by atoms with E-state index in [1.165, 1.54) is 5.56 Å². The lowest BCUT2D eigenvalue weighted by Crippen LogP contribution is -2.07. The average molecular weight is 310 g/mol. The van der Waals surface area contributed by atoms with Crippen molar-refractivity contribution in [1.82, 2.24) is 9.38 Å². The van der Waals surface area contributed by atoms with Gasteiger partial charge >= 0.3 is 5.97 Å². The van der Waals surface area contributed by atoms with E-state index in [2.05, 4.69) is 11.9 Å². The lowest BCUT2D eigenvalue weighted by atomic mass is 10.2. The molecule has 0 saturated heterocycles. The van der Waals surface area contributed by atoms with E-state index in [-0.39, 0.29) is 12.3 Å². The van der Waals surface area contributed by atoms with E-state index >= 15 is 0 Å². The number of benzene rings is 1. The minimum Gasteiger partial charge on any atom is -0.487 e. The van der Waals surface area contributed by atoms with E-state index in [1.54, 1.807) is 10.6 Å². The fourth-order valence-electron chi connectivity index (χ4n) is 2.55. The lowest BCUT2D eigenvalue weighted by molar-refractivity contribution is 0.0686. The third kappa shape index (κ3) is 2.90. The number of aromatic nitrogens is 2. The zero-order valence-electron chi connectivity index (χ0n) is 13.1. The summed E-state index contributed by atoms with van der Waals surface area (Å²) in [7, 11) is 0. The molecule has 5 nitrogen and oxygen atoms in total. The van der Waals surface area contributed by atoms with Gasteiger partial charge in [-0.2, -0.15) is 0 Å². The second-order valence-electron chi connectivity index (χ2n) is 5.38. The van der Waals surface area contributed by atoms with Crippen molar-refractivity contribution in [2.45, 2.75) is 26.9 Å². The van der Waals surface area contributed by atoms with Gasteiger partial charge in [0.25, 0.3) is 0 Å². The highest BCUT2D eigenvalue weighted by Gasteiger charge is 2.19. The number of carboxylic acids is 1. The maximum absolute atomic E-state index is 11.6. The zero-order valence-corrected chi connectivity index (χ0v) is 13.1. The van der Waals surface area contributed by atoms with Crippen molar-refractivity contribution >= 4 is 11.6 Å². The van der Waals surface area contributed by atoms with Gasteiger partial charge < -0.3 is 9.84 Å². The van der Waals surface area contributed by atoms with Gasteiger partial charge in [-0.05, 0) is 42.7 Å². The molecule has 5 heteroatoms. The Bertz CT molecular complexity index is 851. The summed E-state index contributed by atoms with van der Waals surface area (Å²) in [5.74, 6) is -0.310. The van der Waals surface area contributed by atoms with Crippen LogP contribution in [0.1, 0.15) is 34.2 Å². The van der Waals surface area contributed by atoms with Crippen molar-refractivity contribution < 1.29 is 14.6 Å². The number of hydrogen-bond donors (Lipinski definition) is 1. The minimum absolute atomic E-state index is 0.119. The first-order chi connectivity index (χ1) is 11.1. The fourth-order valence-corrected chi connectivity index (χ4v) is 2.55. The van der Waals surface area contributed by atoms with Gasteiger partial charge in [-0.1, -0.05) is 25.1 Å². The Hall–Kier alpha value is -2.82. The van der Waals surface area contributed by atoms with Gasteiger partial charge in [0.15, 0.2) is 5.69 Å². The fraction of sp³-hybridized carbons (Fsp3) is 0.222. The number of aryl methyl sites for hydroxylation is 2.